The predicted molar refractivity (Wildman–Crippen MR) is 126 cm³/mol. The lowest BCUT2D eigenvalue weighted by Gasteiger charge is -2.40. The Morgan fingerprint density at radius 1 is 1.05 bits per heavy atom. The summed E-state index contributed by atoms with van der Waals surface area (Å²) in [6.07, 6.45) is -1.10. The second-order valence-electron chi connectivity index (χ2n) is 9.37. The van der Waals surface area contributed by atoms with E-state index in [4.69, 9.17) is 19.0 Å². The van der Waals surface area contributed by atoms with Gasteiger partial charge in [-0.2, -0.15) is 5.06 Å². The Balaban J connectivity index is 1.46. The molecule has 1 unspecified atom stereocenters. The largest absolute Gasteiger partial charge is 0.456 e. The summed E-state index contributed by atoms with van der Waals surface area (Å²) in [6, 6.07) is 13.0. The molecule has 2 amide bonds. The van der Waals surface area contributed by atoms with Gasteiger partial charge in [0.05, 0.1) is 11.3 Å². The summed E-state index contributed by atoms with van der Waals surface area (Å²) < 4.78 is 15.9. The van der Waals surface area contributed by atoms with Crippen molar-refractivity contribution in [2.75, 3.05) is 6.61 Å². The molecule has 0 radical (unpaired) electrons. The highest BCUT2D eigenvalue weighted by Crippen LogP contribution is 2.48. The van der Waals surface area contributed by atoms with Gasteiger partial charge in [0.25, 0.3) is 11.6 Å². The van der Waals surface area contributed by atoms with Gasteiger partial charge in [0.1, 0.15) is 25.9 Å². The summed E-state index contributed by atoms with van der Waals surface area (Å²) in [7, 11) is 0. The maximum absolute atomic E-state index is 13.4. The van der Waals surface area contributed by atoms with Crippen LogP contribution in [0.5, 0.6) is 0 Å². The Hall–Kier alpha value is -4.52. The van der Waals surface area contributed by atoms with E-state index in [1.165, 1.54) is 38.1 Å². The third kappa shape index (κ3) is 5.13. The highest BCUT2D eigenvalue weighted by atomic mass is 16.8. The van der Waals surface area contributed by atoms with Crippen LogP contribution >= 0.6 is 0 Å². The fraction of sp³-hybridized carbons (Fsp3) is 0.360. The number of nitrogens with one attached hydrogen (secondary N) is 1. The Labute approximate surface area is 216 Å². The topological polar surface area (TPSA) is 164 Å². The zero-order valence-corrected chi connectivity index (χ0v) is 20.6. The van der Waals surface area contributed by atoms with Crippen molar-refractivity contribution in [3.8, 4) is 0 Å². The number of non-ortho nitro benzene ring substituents is 1. The van der Waals surface area contributed by atoms with Crippen LogP contribution in [0.25, 0.3) is 0 Å². The first-order chi connectivity index (χ1) is 18.0. The van der Waals surface area contributed by atoms with Gasteiger partial charge < -0.3 is 19.5 Å². The summed E-state index contributed by atoms with van der Waals surface area (Å²) in [4.78, 5) is 67.0. The van der Waals surface area contributed by atoms with Gasteiger partial charge in [-0.3, -0.25) is 24.5 Å². The number of cyclic esters (lactones) is 1. The van der Waals surface area contributed by atoms with E-state index in [-0.39, 0.29) is 31.9 Å². The van der Waals surface area contributed by atoms with Crippen LogP contribution in [0.2, 0.25) is 0 Å². The molecule has 13 heteroatoms. The number of esters is 2. The van der Waals surface area contributed by atoms with Crippen LogP contribution in [-0.2, 0) is 46.6 Å². The number of nitrogens with zero attached hydrogens (tertiary/aromatic N) is 2. The lowest BCUT2D eigenvalue weighted by atomic mass is 9.79. The first-order valence-corrected chi connectivity index (χ1v) is 11.6. The fourth-order valence-corrected chi connectivity index (χ4v) is 4.18. The van der Waals surface area contributed by atoms with Crippen molar-refractivity contribution >= 4 is 29.6 Å². The van der Waals surface area contributed by atoms with Gasteiger partial charge in [0, 0.05) is 17.5 Å². The molecule has 2 aromatic carbocycles. The maximum atomic E-state index is 13.4. The van der Waals surface area contributed by atoms with Crippen LogP contribution in [0.1, 0.15) is 31.4 Å². The zero-order chi connectivity index (χ0) is 27.5. The van der Waals surface area contributed by atoms with Crippen molar-refractivity contribution in [1.29, 1.82) is 0 Å². The molecule has 0 spiro atoms. The molecule has 2 aliphatic rings. The molecular formula is C25H25N3O10. The number of alkyl carbamates (subject to hydrolysis) is 1. The van der Waals surface area contributed by atoms with E-state index < -0.39 is 46.0 Å². The monoisotopic (exact) mass is 527 g/mol. The first kappa shape index (κ1) is 26.5. The Bertz CT molecular complexity index is 1250. The highest BCUT2D eigenvalue weighted by Gasteiger charge is 2.69. The summed E-state index contributed by atoms with van der Waals surface area (Å²) in [5.41, 5.74) is -2.51. The van der Waals surface area contributed by atoms with E-state index in [0.29, 0.717) is 10.6 Å². The number of carbonyl (C=O) groups is 4. The van der Waals surface area contributed by atoms with Gasteiger partial charge >= 0.3 is 23.8 Å². The second kappa shape index (κ2) is 10.5. The molecule has 2 atom stereocenters. The fourth-order valence-electron chi connectivity index (χ4n) is 4.18. The summed E-state index contributed by atoms with van der Waals surface area (Å²) in [6.45, 7) is 2.39. The quantitative estimate of drug-likeness (QED) is 0.233. The number of carbonyl (C=O) groups excluding carboxylic acids is 4. The number of benzene rings is 2. The van der Waals surface area contributed by atoms with Gasteiger partial charge in [-0.05, 0) is 23.3 Å². The maximum Gasteiger partial charge on any atom is 0.408 e. The lowest BCUT2D eigenvalue weighted by molar-refractivity contribution is -0.384. The number of rotatable bonds is 8. The van der Waals surface area contributed by atoms with Crippen LogP contribution in [0.4, 0.5) is 10.5 Å². The number of amides is 2. The molecule has 2 fully saturated rings. The summed E-state index contributed by atoms with van der Waals surface area (Å²) in [5, 5.41) is 13.9. The molecule has 2 aromatic rings. The van der Waals surface area contributed by atoms with Gasteiger partial charge in [-0.25, -0.2) is 9.59 Å². The molecule has 2 saturated heterocycles. The van der Waals surface area contributed by atoms with Crippen LogP contribution in [0.15, 0.2) is 54.6 Å². The molecule has 0 aromatic heterocycles. The number of hydrogen-bond donors (Lipinski definition) is 1. The molecule has 0 aliphatic carbocycles. The average Bonchev–Trinajstić information content (AvgIpc) is 3.36. The standard InChI is InChI=1S/C25H25N3O10/c1-24(2)12-20(29)38-25(24,22(31)35-13-17-8-10-18(11-9-17)28(33)34)27-21(30)19(15-37-27)26-23(32)36-14-16-6-4-3-5-7-16/h3-11,19H,12-15H2,1-2H3,(H,26,32)/t19-,25?/m0/s1. The van der Waals surface area contributed by atoms with E-state index in [9.17, 15) is 29.3 Å². The average molecular weight is 527 g/mol. The minimum absolute atomic E-state index is 0.0261. The number of nitro groups is 1. The molecular weight excluding hydrogens is 502 g/mol. The van der Waals surface area contributed by atoms with Crippen molar-refractivity contribution in [3.05, 3.63) is 75.8 Å². The zero-order valence-electron chi connectivity index (χ0n) is 20.6. The SMILES string of the molecule is CC1(C)CC(=O)OC1(C(=O)OCc1ccc([N+](=O)[O-])cc1)N1OC[C@H](NC(=O)OCc2ccccc2)C1=O. The third-order valence-corrected chi connectivity index (χ3v) is 6.22. The minimum atomic E-state index is -2.27. The van der Waals surface area contributed by atoms with Crippen molar-refractivity contribution < 1.29 is 43.1 Å². The Morgan fingerprint density at radius 3 is 2.29 bits per heavy atom. The third-order valence-electron chi connectivity index (χ3n) is 6.22. The van der Waals surface area contributed by atoms with Gasteiger partial charge in [0.2, 0.25) is 0 Å². The van der Waals surface area contributed by atoms with E-state index in [1.54, 1.807) is 24.3 Å². The number of hydrogen-bond acceptors (Lipinski definition) is 10. The lowest BCUT2D eigenvalue weighted by Crippen LogP contribution is -2.63. The molecule has 1 N–H and O–H groups in total. The second-order valence-corrected chi connectivity index (χ2v) is 9.37. The summed E-state index contributed by atoms with van der Waals surface area (Å²) >= 11 is 0. The Morgan fingerprint density at radius 2 is 1.68 bits per heavy atom. The smallest absolute Gasteiger partial charge is 0.408 e. The Kier molecular flexibility index (Phi) is 7.30. The molecule has 2 aliphatic heterocycles. The molecule has 0 bridgehead atoms. The molecule has 0 saturated carbocycles. The molecule has 2 heterocycles. The van der Waals surface area contributed by atoms with E-state index in [0.717, 1.165) is 5.56 Å². The van der Waals surface area contributed by atoms with Crippen LogP contribution in [0.3, 0.4) is 0 Å². The normalized spacial score (nSPS) is 22.1. The van der Waals surface area contributed by atoms with Gasteiger partial charge in [-0.15, -0.1) is 0 Å². The van der Waals surface area contributed by atoms with Gasteiger partial charge in [0.15, 0.2) is 0 Å². The van der Waals surface area contributed by atoms with Crippen LogP contribution in [0, 0.1) is 15.5 Å². The van der Waals surface area contributed by atoms with E-state index in [1.807, 2.05) is 6.07 Å². The van der Waals surface area contributed by atoms with Crippen molar-refractivity contribution in [1.82, 2.24) is 10.4 Å². The molecule has 200 valence electrons. The molecule has 4 rings (SSSR count). The van der Waals surface area contributed by atoms with Crippen molar-refractivity contribution in [3.63, 3.8) is 0 Å². The highest BCUT2D eigenvalue weighted by molar-refractivity contribution is 5.95. The number of hydroxylamine groups is 2. The van der Waals surface area contributed by atoms with Crippen molar-refractivity contribution in [2.45, 2.75) is 45.2 Å². The number of ether oxygens (including phenoxy) is 3. The predicted octanol–water partition coefficient (Wildman–Crippen LogP) is 2.38. The van der Waals surface area contributed by atoms with E-state index >= 15 is 0 Å². The first-order valence-electron chi connectivity index (χ1n) is 11.6. The van der Waals surface area contributed by atoms with Gasteiger partial charge in [-0.1, -0.05) is 44.2 Å². The minimum Gasteiger partial charge on any atom is -0.456 e. The van der Waals surface area contributed by atoms with E-state index in [2.05, 4.69) is 5.32 Å². The van der Waals surface area contributed by atoms with Crippen LogP contribution in [-0.4, -0.2) is 52.3 Å². The number of nitro benzene ring substituents is 1. The summed E-state index contributed by atoms with van der Waals surface area (Å²) in [5.74, 6) is -2.67. The van der Waals surface area contributed by atoms with Crippen molar-refractivity contribution in [2.24, 2.45) is 5.41 Å². The molecule has 13 nitrogen and oxygen atoms in total. The molecule has 38 heavy (non-hydrogen) atoms. The van der Waals surface area contributed by atoms with Crippen LogP contribution < -0.4 is 5.32 Å².